The molecule has 0 radical (unpaired) electrons. The number of aliphatic hydroxyl groups excluding tert-OH is 1. The molecule has 3 aliphatic rings. The van der Waals surface area contributed by atoms with Crippen molar-refractivity contribution < 1.29 is 19.4 Å². The summed E-state index contributed by atoms with van der Waals surface area (Å²) in [6, 6.07) is 0. The number of hydrogen-bond acceptors (Lipinski definition) is 8. The zero-order valence-electron chi connectivity index (χ0n) is 20.7. The largest absolute Gasteiger partial charge is 0.461 e. The number of nitrogen functional groups attached to an aromatic ring is 1. The van der Waals surface area contributed by atoms with Crippen molar-refractivity contribution in [2.45, 2.75) is 77.8 Å². The molecule has 1 aromatic rings. The first-order valence-corrected chi connectivity index (χ1v) is 14.3. The highest BCUT2D eigenvalue weighted by Crippen LogP contribution is 2.68. The van der Waals surface area contributed by atoms with Crippen LogP contribution in [0.5, 0.6) is 0 Å². The van der Waals surface area contributed by atoms with Crippen molar-refractivity contribution in [3.05, 3.63) is 23.7 Å². The van der Waals surface area contributed by atoms with Crippen molar-refractivity contribution in [2.75, 3.05) is 11.5 Å². The average molecular weight is 507 g/mol. The van der Waals surface area contributed by atoms with Crippen LogP contribution in [0.15, 0.2) is 18.0 Å². The van der Waals surface area contributed by atoms with Crippen molar-refractivity contribution in [1.82, 2.24) is 4.98 Å². The van der Waals surface area contributed by atoms with Gasteiger partial charge in [-0.25, -0.2) is 4.98 Å². The summed E-state index contributed by atoms with van der Waals surface area (Å²) in [4.78, 5) is 30.7. The molecule has 0 spiro atoms. The quantitative estimate of drug-likeness (QED) is 0.419. The topological polar surface area (TPSA) is 103 Å². The Bertz CT molecular complexity index is 966. The Kier molecular flexibility index (Phi) is 6.99. The third-order valence-electron chi connectivity index (χ3n) is 9.61. The monoisotopic (exact) mass is 506 g/mol. The summed E-state index contributed by atoms with van der Waals surface area (Å²) >= 11 is 2.84. The van der Waals surface area contributed by atoms with Gasteiger partial charge in [-0.1, -0.05) is 33.8 Å². The number of aliphatic hydroxyl groups is 1. The first-order valence-electron chi connectivity index (χ1n) is 12.3. The lowest BCUT2D eigenvalue weighted by atomic mass is 9.44. The van der Waals surface area contributed by atoms with Gasteiger partial charge in [0.25, 0.3) is 0 Å². The van der Waals surface area contributed by atoms with Crippen molar-refractivity contribution in [3.8, 4) is 0 Å². The molecule has 2 bridgehead atoms. The first-order chi connectivity index (χ1) is 16.0. The van der Waals surface area contributed by atoms with Gasteiger partial charge in [0.15, 0.2) is 5.13 Å². The maximum Gasteiger partial charge on any atom is 0.316 e. The molecule has 0 saturated heterocycles. The van der Waals surface area contributed by atoms with Crippen LogP contribution in [0.1, 0.15) is 65.5 Å². The number of aromatic nitrogens is 1. The average Bonchev–Trinajstić information content (AvgIpc) is 3.38. The van der Waals surface area contributed by atoms with E-state index in [0.29, 0.717) is 23.7 Å². The normalized spacial score (nSPS) is 41.9. The van der Waals surface area contributed by atoms with Crippen LogP contribution in [-0.2, 0) is 20.1 Å². The van der Waals surface area contributed by atoms with E-state index in [-0.39, 0.29) is 40.7 Å². The molecule has 4 rings (SSSR count). The molecular formula is C26H38N2O4S2. The molecule has 0 aromatic carbocycles. The molecule has 6 nitrogen and oxygen atoms in total. The summed E-state index contributed by atoms with van der Waals surface area (Å²) in [5.74, 6) is 0.766. The van der Waals surface area contributed by atoms with Gasteiger partial charge in [0.1, 0.15) is 11.9 Å². The van der Waals surface area contributed by atoms with Gasteiger partial charge in [-0.05, 0) is 42.9 Å². The maximum atomic E-state index is 13.4. The molecule has 3 saturated carbocycles. The number of ether oxygens (including phenoxy) is 1. The number of carbonyl (C=O) groups is 2. The van der Waals surface area contributed by atoms with Crippen LogP contribution in [0.4, 0.5) is 5.13 Å². The number of rotatable bonds is 6. The Balaban J connectivity index is 1.63. The Morgan fingerprint density at radius 3 is 2.79 bits per heavy atom. The van der Waals surface area contributed by atoms with E-state index < -0.39 is 23.0 Å². The highest BCUT2D eigenvalue weighted by molar-refractivity contribution is 7.99. The zero-order valence-corrected chi connectivity index (χ0v) is 22.3. The SMILES string of the molecule is C=C[C@]1(C)C[C@@H](OC(=O)CSCc2csc(N)n2)[C@]2(C)C(C)CCC3(CCC(=O)C32)[C@@H](C)[C@@H]1O. The maximum absolute atomic E-state index is 13.4. The van der Waals surface area contributed by atoms with Gasteiger partial charge in [0.2, 0.25) is 0 Å². The predicted octanol–water partition coefficient (Wildman–Crippen LogP) is 4.87. The molecule has 34 heavy (non-hydrogen) atoms. The Labute approximate surface area is 211 Å². The Hall–Kier alpha value is -1.38. The van der Waals surface area contributed by atoms with E-state index in [2.05, 4.69) is 32.3 Å². The van der Waals surface area contributed by atoms with Gasteiger partial charge < -0.3 is 15.6 Å². The highest BCUT2D eigenvalue weighted by atomic mass is 32.2. The van der Waals surface area contributed by atoms with Crippen LogP contribution in [0.3, 0.4) is 0 Å². The van der Waals surface area contributed by atoms with E-state index in [1.54, 1.807) is 0 Å². The van der Waals surface area contributed by atoms with Crippen molar-refractivity contribution in [3.63, 3.8) is 0 Å². The summed E-state index contributed by atoms with van der Waals surface area (Å²) in [6.07, 6.45) is 4.41. The highest BCUT2D eigenvalue weighted by Gasteiger charge is 2.68. The van der Waals surface area contributed by atoms with Crippen LogP contribution < -0.4 is 5.73 Å². The van der Waals surface area contributed by atoms with E-state index in [9.17, 15) is 14.7 Å². The number of nitrogens with zero attached hydrogens (tertiary/aromatic N) is 1. The number of anilines is 1. The number of thioether (sulfide) groups is 1. The van der Waals surface area contributed by atoms with Gasteiger partial charge in [0, 0.05) is 34.3 Å². The van der Waals surface area contributed by atoms with Gasteiger partial charge in [-0.2, -0.15) is 0 Å². The van der Waals surface area contributed by atoms with Gasteiger partial charge in [-0.3, -0.25) is 9.59 Å². The Morgan fingerprint density at radius 1 is 1.41 bits per heavy atom. The van der Waals surface area contributed by atoms with Gasteiger partial charge >= 0.3 is 5.97 Å². The number of hydrogen-bond donors (Lipinski definition) is 2. The molecule has 3 N–H and O–H groups in total. The van der Waals surface area contributed by atoms with Crippen molar-refractivity contribution in [1.29, 1.82) is 0 Å². The first kappa shape index (κ1) is 25.7. The minimum Gasteiger partial charge on any atom is -0.461 e. The van der Waals surface area contributed by atoms with E-state index >= 15 is 0 Å². The van der Waals surface area contributed by atoms with Gasteiger partial charge in [0.05, 0.1) is 17.6 Å². The third-order valence-corrected chi connectivity index (χ3v) is 11.3. The molecule has 8 atom stereocenters. The number of nitrogens with two attached hydrogens (primary N) is 1. The van der Waals surface area contributed by atoms with E-state index in [0.717, 1.165) is 25.0 Å². The minimum absolute atomic E-state index is 0.0310. The second kappa shape index (κ2) is 9.25. The molecule has 3 unspecified atom stereocenters. The second-order valence-corrected chi connectivity index (χ2v) is 13.1. The summed E-state index contributed by atoms with van der Waals surface area (Å²) in [5, 5.41) is 14.0. The van der Waals surface area contributed by atoms with Crippen LogP contribution in [0, 0.1) is 34.0 Å². The van der Waals surface area contributed by atoms with Crippen LogP contribution in [0.2, 0.25) is 0 Å². The fourth-order valence-corrected chi connectivity index (χ4v) is 8.68. The van der Waals surface area contributed by atoms with Crippen molar-refractivity contribution >= 4 is 40.0 Å². The molecule has 3 fully saturated rings. The second-order valence-electron chi connectivity index (χ2n) is 11.2. The van der Waals surface area contributed by atoms with E-state index in [1.807, 2.05) is 18.4 Å². The Morgan fingerprint density at radius 2 is 2.15 bits per heavy atom. The smallest absolute Gasteiger partial charge is 0.316 e. The number of esters is 1. The van der Waals surface area contributed by atoms with Crippen molar-refractivity contribution in [2.24, 2.45) is 34.0 Å². The molecule has 188 valence electrons. The zero-order chi connectivity index (χ0) is 24.9. The molecule has 0 aliphatic heterocycles. The lowest BCUT2D eigenvalue weighted by Gasteiger charge is -2.61. The fraction of sp³-hybridized carbons (Fsp3) is 0.731. The van der Waals surface area contributed by atoms with Crippen LogP contribution in [0.25, 0.3) is 0 Å². The van der Waals surface area contributed by atoms with Gasteiger partial charge in [-0.15, -0.1) is 29.7 Å². The predicted molar refractivity (Wildman–Crippen MR) is 137 cm³/mol. The minimum atomic E-state index is -0.651. The van der Waals surface area contributed by atoms with Crippen LogP contribution >= 0.6 is 23.1 Å². The molecule has 1 heterocycles. The summed E-state index contributed by atoms with van der Waals surface area (Å²) in [7, 11) is 0. The van der Waals surface area contributed by atoms with E-state index in [4.69, 9.17) is 10.5 Å². The molecular weight excluding hydrogens is 468 g/mol. The standard InChI is InChI=1S/C26H38N2O4S2/c1-6-24(4)11-19(32-20(30)14-33-12-17-13-34-23(27)28-17)25(5)15(2)7-9-26(16(3)22(24)31)10-8-18(29)21(25)26/h6,13,15-16,19,21-22,31H,1,7-12,14H2,2-5H3,(H2,27,28)/t15?,16-,19+,21?,22-,24+,25-,26?/m0/s1. The third kappa shape index (κ3) is 4.03. The number of thiazole rings is 1. The lowest BCUT2D eigenvalue weighted by molar-refractivity contribution is -0.205. The number of ketones is 1. The summed E-state index contributed by atoms with van der Waals surface area (Å²) < 4.78 is 6.25. The summed E-state index contributed by atoms with van der Waals surface area (Å²) in [5.41, 5.74) is 5.21. The van der Waals surface area contributed by atoms with Crippen LogP contribution in [-0.4, -0.2) is 39.8 Å². The molecule has 0 amide bonds. The molecule has 3 aliphatic carbocycles. The molecule has 1 aromatic heterocycles. The number of carbonyl (C=O) groups excluding carboxylic acids is 2. The number of Topliss-reactive ketones (excluding diaryl/α,β-unsaturated/α-hetero) is 1. The molecule has 8 heteroatoms. The fourth-order valence-electron chi connectivity index (χ4n) is 7.32. The van der Waals surface area contributed by atoms with E-state index in [1.165, 1.54) is 23.1 Å². The lowest BCUT2D eigenvalue weighted by Crippen LogP contribution is -2.63. The summed E-state index contributed by atoms with van der Waals surface area (Å²) in [6.45, 7) is 12.5.